The molecule has 0 aliphatic rings. The Morgan fingerprint density at radius 3 is 2.42 bits per heavy atom. The zero-order valence-electron chi connectivity index (χ0n) is 17.7. The number of amides is 1. The summed E-state index contributed by atoms with van der Waals surface area (Å²) in [4.78, 5) is 19.4. The highest BCUT2D eigenvalue weighted by molar-refractivity contribution is 7.91. The Hall–Kier alpha value is -2.81. The van der Waals surface area contributed by atoms with E-state index in [1.54, 1.807) is 6.07 Å². The minimum atomic E-state index is -3.75. The number of carbonyl (C=O) groups is 1. The van der Waals surface area contributed by atoms with Gasteiger partial charge in [-0.25, -0.2) is 17.8 Å². The molecule has 0 saturated carbocycles. The molecule has 0 aliphatic heterocycles. The molecule has 1 aromatic heterocycles. The van der Waals surface area contributed by atoms with E-state index < -0.39 is 21.4 Å². The molecule has 33 heavy (non-hydrogen) atoms. The molecule has 4 rings (SSSR count). The third kappa shape index (κ3) is 5.24. The van der Waals surface area contributed by atoms with Crippen LogP contribution in [0.1, 0.15) is 17.5 Å². The normalized spacial score (nSPS) is 11.6. The zero-order valence-corrected chi connectivity index (χ0v) is 20.1. The van der Waals surface area contributed by atoms with Gasteiger partial charge in [0.25, 0.3) is 0 Å². The van der Waals surface area contributed by atoms with Crippen LogP contribution < -0.4 is 4.90 Å². The van der Waals surface area contributed by atoms with Gasteiger partial charge in [0, 0.05) is 6.42 Å². The molecule has 170 valence electrons. The Morgan fingerprint density at radius 2 is 1.76 bits per heavy atom. The first-order chi connectivity index (χ1) is 15.7. The van der Waals surface area contributed by atoms with E-state index in [1.807, 2.05) is 43.3 Å². The van der Waals surface area contributed by atoms with Gasteiger partial charge in [0.1, 0.15) is 5.82 Å². The number of carbonyl (C=O) groups excluding carboxylic acids is 1. The lowest BCUT2D eigenvalue weighted by Crippen LogP contribution is -2.31. The van der Waals surface area contributed by atoms with Crippen molar-refractivity contribution in [3.8, 4) is 0 Å². The Balaban J connectivity index is 1.63. The van der Waals surface area contributed by atoms with E-state index in [4.69, 9.17) is 11.6 Å². The number of fused-ring (bicyclic) bond motifs is 1. The van der Waals surface area contributed by atoms with Gasteiger partial charge in [0.2, 0.25) is 5.91 Å². The molecule has 1 amide bonds. The summed E-state index contributed by atoms with van der Waals surface area (Å²) >= 11 is 7.64. The second-order valence-corrected chi connectivity index (χ2v) is 11.0. The van der Waals surface area contributed by atoms with Crippen LogP contribution >= 0.6 is 22.9 Å². The summed E-state index contributed by atoms with van der Waals surface area (Å²) < 4.78 is 39.3. The number of rotatable bonds is 7. The van der Waals surface area contributed by atoms with Crippen molar-refractivity contribution in [1.29, 1.82) is 0 Å². The predicted molar refractivity (Wildman–Crippen MR) is 130 cm³/mol. The quantitative estimate of drug-likeness (QED) is 0.300. The molecule has 0 bridgehead atoms. The van der Waals surface area contributed by atoms with Gasteiger partial charge in [-0.05, 0) is 48.4 Å². The SMILES string of the molecule is Cc1ccc(Cl)c2sc(N(Cc3ccccc3)C(=O)CCS(=O)(=O)c3ccc(F)cc3)nc12. The van der Waals surface area contributed by atoms with E-state index in [0.717, 1.165) is 28.0 Å². The van der Waals surface area contributed by atoms with Crippen LogP contribution in [0.2, 0.25) is 5.02 Å². The minimum absolute atomic E-state index is 0.0197. The summed E-state index contributed by atoms with van der Waals surface area (Å²) in [6.45, 7) is 2.16. The molecular formula is C24H20ClFN2O3S2. The number of hydrogen-bond donors (Lipinski definition) is 0. The lowest BCUT2D eigenvalue weighted by molar-refractivity contribution is -0.118. The van der Waals surface area contributed by atoms with E-state index in [-0.39, 0.29) is 23.8 Å². The lowest BCUT2D eigenvalue weighted by atomic mass is 10.2. The van der Waals surface area contributed by atoms with Crippen LogP contribution in [-0.4, -0.2) is 25.1 Å². The van der Waals surface area contributed by atoms with Crippen LogP contribution in [0.15, 0.2) is 71.6 Å². The molecule has 0 spiro atoms. The summed E-state index contributed by atoms with van der Waals surface area (Å²) in [7, 11) is -3.75. The third-order valence-electron chi connectivity index (χ3n) is 5.16. The number of aryl methyl sites for hydroxylation is 1. The van der Waals surface area contributed by atoms with Crippen LogP contribution in [0.4, 0.5) is 9.52 Å². The van der Waals surface area contributed by atoms with Crippen LogP contribution in [-0.2, 0) is 21.2 Å². The van der Waals surface area contributed by atoms with Crippen molar-refractivity contribution < 1.29 is 17.6 Å². The second kappa shape index (κ2) is 9.59. The molecule has 0 atom stereocenters. The Bertz CT molecular complexity index is 1370. The van der Waals surface area contributed by atoms with Gasteiger partial charge in [0.15, 0.2) is 15.0 Å². The van der Waals surface area contributed by atoms with Crippen molar-refractivity contribution in [2.24, 2.45) is 0 Å². The van der Waals surface area contributed by atoms with E-state index >= 15 is 0 Å². The largest absolute Gasteiger partial charge is 0.284 e. The summed E-state index contributed by atoms with van der Waals surface area (Å²) in [5.41, 5.74) is 2.53. The average molecular weight is 503 g/mol. The molecule has 0 fully saturated rings. The number of benzene rings is 3. The summed E-state index contributed by atoms with van der Waals surface area (Å²) in [5, 5.41) is 1.000. The summed E-state index contributed by atoms with van der Waals surface area (Å²) in [6.07, 6.45) is -0.241. The number of hydrogen-bond acceptors (Lipinski definition) is 5. The Kier molecular flexibility index (Phi) is 6.78. The van der Waals surface area contributed by atoms with Crippen LogP contribution in [0.3, 0.4) is 0 Å². The minimum Gasteiger partial charge on any atom is -0.284 e. The molecule has 0 unspecified atom stereocenters. The van der Waals surface area contributed by atoms with Gasteiger partial charge in [0.05, 0.1) is 32.4 Å². The first-order valence-electron chi connectivity index (χ1n) is 10.1. The smallest absolute Gasteiger partial charge is 0.230 e. The highest BCUT2D eigenvalue weighted by atomic mass is 35.5. The number of anilines is 1. The first-order valence-corrected chi connectivity index (χ1v) is 13.0. The molecular weight excluding hydrogens is 483 g/mol. The highest BCUT2D eigenvalue weighted by Gasteiger charge is 2.24. The lowest BCUT2D eigenvalue weighted by Gasteiger charge is -2.20. The average Bonchev–Trinajstić information content (AvgIpc) is 3.26. The van der Waals surface area contributed by atoms with E-state index in [9.17, 15) is 17.6 Å². The maximum Gasteiger partial charge on any atom is 0.230 e. The van der Waals surface area contributed by atoms with E-state index in [0.29, 0.717) is 15.7 Å². The Labute approximate surface area is 200 Å². The number of sulfone groups is 1. The van der Waals surface area contributed by atoms with Crippen molar-refractivity contribution in [3.05, 3.63) is 88.7 Å². The van der Waals surface area contributed by atoms with E-state index in [1.165, 1.54) is 28.4 Å². The molecule has 0 N–H and O–H groups in total. The van der Waals surface area contributed by atoms with Crippen LogP contribution in [0, 0.1) is 12.7 Å². The molecule has 3 aromatic carbocycles. The molecule has 9 heteroatoms. The Morgan fingerprint density at radius 1 is 1.06 bits per heavy atom. The van der Waals surface area contributed by atoms with E-state index in [2.05, 4.69) is 4.98 Å². The molecule has 0 radical (unpaired) electrons. The fraction of sp³-hybridized carbons (Fsp3) is 0.167. The standard InChI is InChI=1S/C24H20ClFN2O3S2/c1-16-7-12-20(25)23-22(16)27-24(32-23)28(15-17-5-3-2-4-6-17)21(29)13-14-33(30,31)19-10-8-18(26)9-11-19/h2-12H,13-15H2,1H3. The van der Waals surface area contributed by atoms with Crippen LogP contribution in [0.5, 0.6) is 0 Å². The monoisotopic (exact) mass is 502 g/mol. The van der Waals surface area contributed by atoms with Crippen molar-refractivity contribution in [1.82, 2.24) is 4.98 Å². The van der Waals surface area contributed by atoms with Gasteiger partial charge in [-0.1, -0.05) is 59.3 Å². The highest BCUT2D eigenvalue weighted by Crippen LogP contribution is 2.36. The van der Waals surface area contributed by atoms with Crippen molar-refractivity contribution in [2.75, 3.05) is 10.7 Å². The van der Waals surface area contributed by atoms with Crippen molar-refractivity contribution in [3.63, 3.8) is 0 Å². The molecule has 1 heterocycles. The molecule has 4 aromatic rings. The van der Waals surface area contributed by atoms with Gasteiger partial charge in [-0.3, -0.25) is 9.69 Å². The number of aromatic nitrogens is 1. The van der Waals surface area contributed by atoms with Gasteiger partial charge in [-0.15, -0.1) is 0 Å². The topological polar surface area (TPSA) is 67.3 Å². The molecule has 0 saturated heterocycles. The maximum atomic E-state index is 13.3. The fourth-order valence-corrected chi connectivity index (χ4v) is 5.91. The van der Waals surface area contributed by atoms with Crippen molar-refractivity contribution in [2.45, 2.75) is 24.8 Å². The number of halogens is 2. The van der Waals surface area contributed by atoms with Crippen LogP contribution in [0.25, 0.3) is 10.2 Å². The number of thiazole rings is 1. The van der Waals surface area contributed by atoms with Gasteiger partial charge in [-0.2, -0.15) is 0 Å². The van der Waals surface area contributed by atoms with Gasteiger partial charge >= 0.3 is 0 Å². The molecule has 0 aliphatic carbocycles. The zero-order chi connectivity index (χ0) is 23.6. The third-order valence-corrected chi connectivity index (χ3v) is 8.43. The van der Waals surface area contributed by atoms with Gasteiger partial charge < -0.3 is 0 Å². The number of nitrogens with zero attached hydrogens (tertiary/aromatic N) is 2. The first kappa shape index (κ1) is 23.4. The second-order valence-electron chi connectivity index (χ2n) is 7.53. The fourth-order valence-electron chi connectivity index (χ4n) is 3.35. The van der Waals surface area contributed by atoms with Crippen molar-refractivity contribution >= 4 is 54.0 Å². The maximum absolute atomic E-state index is 13.3. The summed E-state index contributed by atoms with van der Waals surface area (Å²) in [6, 6.07) is 17.6. The molecule has 5 nitrogen and oxygen atoms in total. The predicted octanol–water partition coefficient (Wildman–Crippen LogP) is 5.79. The summed E-state index contributed by atoms with van der Waals surface area (Å²) in [5.74, 6) is -1.30.